The monoisotopic (exact) mass is 359 g/mol. The van der Waals surface area contributed by atoms with Crippen LogP contribution in [0, 0.1) is 13.8 Å². The number of hydrogen-bond donors (Lipinski definition) is 2. The van der Waals surface area contributed by atoms with Crippen LogP contribution in [0.4, 0.5) is 0 Å². The zero-order valence-electron chi connectivity index (χ0n) is 15.9. The molecule has 2 heterocycles. The third-order valence-electron chi connectivity index (χ3n) is 5.54. The van der Waals surface area contributed by atoms with E-state index in [9.17, 15) is 4.79 Å². The van der Waals surface area contributed by atoms with E-state index >= 15 is 0 Å². The van der Waals surface area contributed by atoms with Crippen LogP contribution in [0.1, 0.15) is 34.0 Å². The molecule has 4 nitrogen and oxygen atoms in total. The van der Waals surface area contributed by atoms with E-state index < -0.39 is 0 Å². The number of aryl methyl sites for hydroxylation is 2. The molecule has 0 bridgehead atoms. The van der Waals surface area contributed by atoms with Crippen LogP contribution in [0.15, 0.2) is 48.5 Å². The molecule has 2 aromatic carbocycles. The number of nitrogens with one attached hydrogen (secondary N) is 2. The molecule has 1 unspecified atom stereocenters. The summed E-state index contributed by atoms with van der Waals surface area (Å²) in [6, 6.07) is 16.8. The van der Waals surface area contributed by atoms with Gasteiger partial charge in [-0.1, -0.05) is 42.5 Å². The van der Waals surface area contributed by atoms with Crippen molar-refractivity contribution in [3.8, 4) is 0 Å². The molecule has 3 aromatic rings. The summed E-state index contributed by atoms with van der Waals surface area (Å²) in [5.41, 5.74) is 6.77. The van der Waals surface area contributed by atoms with E-state index in [1.807, 2.05) is 25.1 Å². The standard InChI is InChI=1S/C23H25N3O/c1-15-18-8-5-6-10-21(18)26-16(2)20(15)13-23(27)25-14-22-19-9-4-3-7-17(19)11-12-24-22/h3-10,22,24H,11-14H2,1-2H3,(H,25,27). The molecule has 0 radical (unpaired) electrons. The predicted octanol–water partition coefficient (Wildman–Crippen LogP) is 3.40. The van der Waals surface area contributed by atoms with Crippen LogP contribution in [0.25, 0.3) is 10.9 Å². The maximum absolute atomic E-state index is 12.6. The van der Waals surface area contributed by atoms with Crippen LogP contribution in [0.5, 0.6) is 0 Å². The fourth-order valence-corrected chi connectivity index (χ4v) is 4.04. The Kier molecular flexibility index (Phi) is 4.90. The van der Waals surface area contributed by atoms with Crippen molar-refractivity contribution < 1.29 is 4.79 Å². The molecule has 0 saturated carbocycles. The Morgan fingerprint density at radius 1 is 1.15 bits per heavy atom. The van der Waals surface area contributed by atoms with Crippen molar-refractivity contribution in [1.82, 2.24) is 15.6 Å². The van der Waals surface area contributed by atoms with Gasteiger partial charge in [-0.2, -0.15) is 0 Å². The van der Waals surface area contributed by atoms with Crippen LogP contribution in [0.2, 0.25) is 0 Å². The van der Waals surface area contributed by atoms with Gasteiger partial charge in [0.15, 0.2) is 0 Å². The number of para-hydroxylation sites is 1. The van der Waals surface area contributed by atoms with Crippen molar-refractivity contribution >= 4 is 16.8 Å². The summed E-state index contributed by atoms with van der Waals surface area (Å²) in [6.07, 6.45) is 1.41. The number of carbonyl (C=O) groups excluding carboxylic acids is 1. The maximum Gasteiger partial charge on any atom is 0.224 e. The van der Waals surface area contributed by atoms with E-state index in [1.54, 1.807) is 0 Å². The van der Waals surface area contributed by atoms with E-state index in [2.05, 4.69) is 52.9 Å². The minimum absolute atomic E-state index is 0.0446. The normalized spacial score (nSPS) is 16.1. The van der Waals surface area contributed by atoms with Crippen molar-refractivity contribution in [3.05, 3.63) is 76.5 Å². The number of benzene rings is 2. The second-order valence-electron chi connectivity index (χ2n) is 7.25. The number of carbonyl (C=O) groups is 1. The molecule has 0 fully saturated rings. The van der Waals surface area contributed by atoms with Crippen LogP contribution in [-0.2, 0) is 17.6 Å². The molecule has 1 aliphatic heterocycles. The van der Waals surface area contributed by atoms with Crippen molar-refractivity contribution in [3.63, 3.8) is 0 Å². The van der Waals surface area contributed by atoms with Gasteiger partial charge in [0.25, 0.3) is 0 Å². The number of pyridine rings is 1. The summed E-state index contributed by atoms with van der Waals surface area (Å²) in [5.74, 6) is 0.0446. The number of hydrogen-bond acceptors (Lipinski definition) is 3. The molecule has 1 amide bonds. The van der Waals surface area contributed by atoms with Gasteiger partial charge in [0.2, 0.25) is 5.91 Å². The Balaban J connectivity index is 1.47. The minimum atomic E-state index is 0.0446. The number of amides is 1. The van der Waals surface area contributed by atoms with Gasteiger partial charge in [-0.05, 0) is 55.1 Å². The van der Waals surface area contributed by atoms with E-state index in [0.717, 1.165) is 40.7 Å². The topological polar surface area (TPSA) is 54.0 Å². The molecular weight excluding hydrogens is 334 g/mol. The lowest BCUT2D eigenvalue weighted by molar-refractivity contribution is -0.120. The highest BCUT2D eigenvalue weighted by Crippen LogP contribution is 2.24. The zero-order chi connectivity index (χ0) is 18.8. The summed E-state index contributed by atoms with van der Waals surface area (Å²) in [7, 11) is 0. The molecule has 0 saturated heterocycles. The Hall–Kier alpha value is -2.72. The van der Waals surface area contributed by atoms with Gasteiger partial charge in [-0.3, -0.25) is 9.78 Å². The zero-order valence-corrected chi connectivity index (χ0v) is 15.9. The van der Waals surface area contributed by atoms with E-state index in [1.165, 1.54) is 11.1 Å². The Bertz CT molecular complexity index is 996. The van der Waals surface area contributed by atoms with Gasteiger partial charge in [0.1, 0.15) is 0 Å². The number of nitrogens with zero attached hydrogens (tertiary/aromatic N) is 1. The Morgan fingerprint density at radius 2 is 1.93 bits per heavy atom. The maximum atomic E-state index is 12.6. The summed E-state index contributed by atoms with van der Waals surface area (Å²) >= 11 is 0. The minimum Gasteiger partial charge on any atom is -0.354 e. The molecule has 0 spiro atoms. The molecule has 0 aliphatic carbocycles. The Labute approximate surface area is 160 Å². The number of rotatable bonds is 4. The Morgan fingerprint density at radius 3 is 2.81 bits per heavy atom. The van der Waals surface area contributed by atoms with E-state index in [4.69, 9.17) is 0 Å². The highest BCUT2D eigenvalue weighted by Gasteiger charge is 2.20. The number of fused-ring (bicyclic) bond motifs is 2. The third kappa shape index (κ3) is 3.58. The van der Waals surface area contributed by atoms with Crippen LogP contribution in [-0.4, -0.2) is 24.0 Å². The summed E-state index contributed by atoms with van der Waals surface area (Å²) in [6.45, 7) is 5.62. The van der Waals surface area contributed by atoms with Gasteiger partial charge in [-0.15, -0.1) is 0 Å². The fraction of sp³-hybridized carbons (Fsp3) is 0.304. The molecule has 1 atom stereocenters. The van der Waals surface area contributed by atoms with Crippen molar-refractivity contribution in [2.24, 2.45) is 0 Å². The fourth-order valence-electron chi connectivity index (χ4n) is 4.04. The summed E-state index contributed by atoms with van der Waals surface area (Å²) in [5, 5.41) is 7.75. The van der Waals surface area contributed by atoms with Gasteiger partial charge in [-0.25, -0.2) is 0 Å². The SMILES string of the molecule is Cc1nc2ccccc2c(C)c1CC(=O)NCC1NCCc2ccccc21. The quantitative estimate of drug-likeness (QED) is 0.751. The average Bonchev–Trinajstić information content (AvgIpc) is 2.69. The lowest BCUT2D eigenvalue weighted by Gasteiger charge is -2.27. The van der Waals surface area contributed by atoms with Crippen molar-refractivity contribution in [1.29, 1.82) is 0 Å². The molecule has 27 heavy (non-hydrogen) atoms. The molecule has 4 heteroatoms. The van der Waals surface area contributed by atoms with Crippen LogP contribution < -0.4 is 10.6 Å². The second-order valence-corrected chi connectivity index (χ2v) is 7.25. The van der Waals surface area contributed by atoms with E-state index in [-0.39, 0.29) is 11.9 Å². The lowest BCUT2D eigenvalue weighted by atomic mass is 9.94. The average molecular weight is 359 g/mol. The molecular formula is C23H25N3O. The van der Waals surface area contributed by atoms with Gasteiger partial charge in [0, 0.05) is 23.7 Å². The van der Waals surface area contributed by atoms with Crippen LogP contribution >= 0.6 is 0 Å². The third-order valence-corrected chi connectivity index (χ3v) is 5.54. The first-order chi connectivity index (χ1) is 13.1. The summed E-state index contributed by atoms with van der Waals surface area (Å²) in [4.78, 5) is 17.3. The first kappa shape index (κ1) is 17.7. The van der Waals surface area contributed by atoms with Crippen molar-refractivity contribution in [2.45, 2.75) is 32.7 Å². The van der Waals surface area contributed by atoms with Crippen molar-refractivity contribution in [2.75, 3.05) is 13.1 Å². The predicted molar refractivity (Wildman–Crippen MR) is 109 cm³/mol. The second kappa shape index (κ2) is 7.49. The van der Waals surface area contributed by atoms with Gasteiger partial charge in [0.05, 0.1) is 11.9 Å². The molecule has 2 N–H and O–H groups in total. The first-order valence-electron chi connectivity index (χ1n) is 9.56. The molecule has 1 aromatic heterocycles. The highest BCUT2D eigenvalue weighted by molar-refractivity contribution is 5.86. The molecule has 1 aliphatic rings. The molecule has 138 valence electrons. The molecule has 4 rings (SSSR count). The van der Waals surface area contributed by atoms with Crippen LogP contribution in [0.3, 0.4) is 0 Å². The summed E-state index contributed by atoms with van der Waals surface area (Å²) < 4.78 is 0. The number of aromatic nitrogens is 1. The van der Waals surface area contributed by atoms with Gasteiger partial charge < -0.3 is 10.6 Å². The largest absolute Gasteiger partial charge is 0.354 e. The highest BCUT2D eigenvalue weighted by atomic mass is 16.1. The first-order valence-corrected chi connectivity index (χ1v) is 9.56. The van der Waals surface area contributed by atoms with Gasteiger partial charge >= 0.3 is 0 Å². The van der Waals surface area contributed by atoms with E-state index in [0.29, 0.717) is 13.0 Å². The smallest absolute Gasteiger partial charge is 0.224 e. The lowest BCUT2D eigenvalue weighted by Crippen LogP contribution is -2.39.